The van der Waals surface area contributed by atoms with Gasteiger partial charge in [0.2, 0.25) is 0 Å². The molecule has 3 N–H and O–H groups in total. The van der Waals surface area contributed by atoms with E-state index in [1.54, 1.807) is 24.3 Å². The van der Waals surface area contributed by atoms with Gasteiger partial charge in [-0.3, -0.25) is 0 Å². The Balaban J connectivity index is 2.40. The quantitative estimate of drug-likeness (QED) is 0.742. The Morgan fingerprint density at radius 2 is 1.83 bits per heavy atom. The van der Waals surface area contributed by atoms with E-state index in [-0.39, 0.29) is 11.3 Å². The fourth-order valence-electron chi connectivity index (χ4n) is 1.53. The van der Waals surface area contributed by atoms with Crippen LogP contribution in [-0.2, 0) is 0 Å². The Morgan fingerprint density at radius 3 is 2.56 bits per heavy atom. The Labute approximate surface area is 108 Å². The number of nitrogens with one attached hydrogen (secondary N) is 1. The van der Waals surface area contributed by atoms with Crippen LogP contribution in [-0.4, -0.2) is 16.2 Å². The van der Waals surface area contributed by atoms with E-state index in [9.17, 15) is 9.90 Å². The highest BCUT2D eigenvalue weighted by molar-refractivity contribution is 6.31. The van der Waals surface area contributed by atoms with Gasteiger partial charge >= 0.3 is 5.97 Å². The zero-order valence-corrected chi connectivity index (χ0v) is 9.98. The number of carbonyl (C=O) groups is 1. The highest BCUT2D eigenvalue weighted by Crippen LogP contribution is 2.30. The first kappa shape index (κ1) is 12.3. The third kappa shape index (κ3) is 2.55. The summed E-state index contributed by atoms with van der Waals surface area (Å²) in [5, 5.41) is 22.0. The molecule has 2 rings (SSSR count). The minimum Gasteiger partial charge on any atom is -0.506 e. The van der Waals surface area contributed by atoms with Gasteiger partial charge < -0.3 is 15.5 Å². The van der Waals surface area contributed by atoms with Crippen molar-refractivity contribution in [3.05, 3.63) is 53.1 Å². The first-order chi connectivity index (χ1) is 8.58. The summed E-state index contributed by atoms with van der Waals surface area (Å²) in [5.41, 5.74) is 0.871. The molecule has 0 bridgehead atoms. The van der Waals surface area contributed by atoms with Crippen molar-refractivity contribution in [2.75, 3.05) is 5.32 Å². The van der Waals surface area contributed by atoms with Crippen LogP contribution >= 0.6 is 11.6 Å². The molecule has 0 aliphatic heterocycles. The SMILES string of the molecule is O=C(O)c1ccccc1Nc1cc(Cl)ccc1O. The summed E-state index contributed by atoms with van der Waals surface area (Å²) in [6.45, 7) is 0. The van der Waals surface area contributed by atoms with Crippen LogP contribution in [0.15, 0.2) is 42.5 Å². The van der Waals surface area contributed by atoms with Gasteiger partial charge in [0.15, 0.2) is 0 Å². The van der Waals surface area contributed by atoms with E-state index >= 15 is 0 Å². The molecule has 92 valence electrons. The maximum atomic E-state index is 11.0. The zero-order valence-electron chi connectivity index (χ0n) is 9.22. The average molecular weight is 264 g/mol. The number of hydrogen-bond acceptors (Lipinski definition) is 3. The van der Waals surface area contributed by atoms with Crippen molar-refractivity contribution in [1.82, 2.24) is 0 Å². The van der Waals surface area contributed by atoms with E-state index in [1.165, 1.54) is 18.2 Å². The van der Waals surface area contributed by atoms with Gasteiger partial charge in [-0.2, -0.15) is 0 Å². The van der Waals surface area contributed by atoms with E-state index in [1.807, 2.05) is 0 Å². The van der Waals surface area contributed by atoms with E-state index in [2.05, 4.69) is 5.32 Å². The molecule has 0 amide bonds. The molecule has 0 radical (unpaired) electrons. The van der Waals surface area contributed by atoms with Crippen LogP contribution < -0.4 is 5.32 Å². The van der Waals surface area contributed by atoms with Crippen LogP contribution in [0.4, 0.5) is 11.4 Å². The lowest BCUT2D eigenvalue weighted by Crippen LogP contribution is -2.02. The summed E-state index contributed by atoms with van der Waals surface area (Å²) < 4.78 is 0. The minimum atomic E-state index is -1.04. The summed E-state index contributed by atoms with van der Waals surface area (Å²) in [4.78, 5) is 11.0. The minimum absolute atomic E-state index is 0.000378. The number of anilines is 2. The standard InChI is InChI=1S/C13H10ClNO3/c14-8-5-6-12(16)11(7-8)15-10-4-2-1-3-9(10)13(17)18/h1-7,15-16H,(H,17,18). The number of halogens is 1. The van der Waals surface area contributed by atoms with E-state index in [0.29, 0.717) is 16.4 Å². The van der Waals surface area contributed by atoms with Crippen LogP contribution in [0.1, 0.15) is 10.4 Å². The van der Waals surface area contributed by atoms with Crippen molar-refractivity contribution >= 4 is 28.9 Å². The molecule has 2 aromatic carbocycles. The smallest absolute Gasteiger partial charge is 0.337 e. The second-order valence-corrected chi connectivity index (χ2v) is 4.07. The lowest BCUT2D eigenvalue weighted by molar-refractivity contribution is 0.0698. The van der Waals surface area contributed by atoms with Crippen LogP contribution in [0.25, 0.3) is 0 Å². The molecule has 0 fully saturated rings. The fourth-order valence-corrected chi connectivity index (χ4v) is 1.70. The third-order valence-corrected chi connectivity index (χ3v) is 2.62. The molecular formula is C13H10ClNO3. The van der Waals surface area contributed by atoms with E-state index in [4.69, 9.17) is 16.7 Å². The van der Waals surface area contributed by atoms with Crippen LogP contribution in [0.3, 0.4) is 0 Å². The molecule has 0 unspecified atom stereocenters. The number of phenols is 1. The summed E-state index contributed by atoms with van der Waals surface area (Å²) in [6, 6.07) is 10.9. The predicted octanol–water partition coefficient (Wildman–Crippen LogP) is 3.49. The van der Waals surface area contributed by atoms with E-state index in [0.717, 1.165) is 0 Å². The molecule has 0 saturated heterocycles. The molecule has 0 atom stereocenters. The molecule has 0 aliphatic carbocycles. The Morgan fingerprint density at radius 1 is 1.11 bits per heavy atom. The second kappa shape index (κ2) is 4.98. The van der Waals surface area contributed by atoms with Crippen molar-refractivity contribution in [3.8, 4) is 5.75 Å². The lowest BCUT2D eigenvalue weighted by Gasteiger charge is -2.11. The van der Waals surface area contributed by atoms with Crippen LogP contribution in [0.2, 0.25) is 5.02 Å². The molecule has 2 aromatic rings. The van der Waals surface area contributed by atoms with Crippen LogP contribution in [0, 0.1) is 0 Å². The maximum absolute atomic E-state index is 11.0. The summed E-state index contributed by atoms with van der Waals surface area (Å²) in [7, 11) is 0. The van der Waals surface area contributed by atoms with Gasteiger partial charge in [0.1, 0.15) is 5.75 Å². The van der Waals surface area contributed by atoms with Gasteiger partial charge in [-0.25, -0.2) is 4.79 Å². The number of para-hydroxylation sites is 1. The number of benzene rings is 2. The highest BCUT2D eigenvalue weighted by atomic mass is 35.5. The summed E-state index contributed by atoms with van der Waals surface area (Å²) in [5.74, 6) is -1.04. The number of aromatic hydroxyl groups is 1. The van der Waals surface area contributed by atoms with Gasteiger partial charge in [0, 0.05) is 5.02 Å². The fraction of sp³-hybridized carbons (Fsp3) is 0. The van der Waals surface area contributed by atoms with Crippen molar-refractivity contribution in [2.45, 2.75) is 0 Å². The van der Waals surface area contributed by atoms with Crippen molar-refractivity contribution in [3.63, 3.8) is 0 Å². The van der Waals surface area contributed by atoms with Gasteiger partial charge in [-0.05, 0) is 30.3 Å². The van der Waals surface area contributed by atoms with Crippen molar-refractivity contribution < 1.29 is 15.0 Å². The van der Waals surface area contributed by atoms with Gasteiger partial charge in [-0.15, -0.1) is 0 Å². The molecule has 0 saturated carbocycles. The third-order valence-electron chi connectivity index (χ3n) is 2.39. The van der Waals surface area contributed by atoms with Gasteiger partial charge in [-0.1, -0.05) is 23.7 Å². The number of carboxylic acid groups (broad SMARTS) is 1. The van der Waals surface area contributed by atoms with Gasteiger partial charge in [0.05, 0.1) is 16.9 Å². The molecule has 0 aromatic heterocycles. The predicted molar refractivity (Wildman–Crippen MR) is 69.8 cm³/mol. The Hall–Kier alpha value is -2.20. The topological polar surface area (TPSA) is 69.6 Å². The number of carboxylic acids is 1. The molecule has 4 nitrogen and oxygen atoms in total. The number of aromatic carboxylic acids is 1. The van der Waals surface area contributed by atoms with Crippen molar-refractivity contribution in [1.29, 1.82) is 0 Å². The number of hydrogen-bond donors (Lipinski definition) is 3. The maximum Gasteiger partial charge on any atom is 0.337 e. The average Bonchev–Trinajstić information content (AvgIpc) is 2.34. The van der Waals surface area contributed by atoms with Gasteiger partial charge in [0.25, 0.3) is 0 Å². The first-order valence-electron chi connectivity index (χ1n) is 5.16. The van der Waals surface area contributed by atoms with Crippen LogP contribution in [0.5, 0.6) is 5.75 Å². The summed E-state index contributed by atoms with van der Waals surface area (Å²) >= 11 is 5.82. The normalized spacial score (nSPS) is 10.1. The monoisotopic (exact) mass is 263 g/mol. The Bertz CT molecular complexity index is 599. The lowest BCUT2D eigenvalue weighted by atomic mass is 10.1. The highest BCUT2D eigenvalue weighted by Gasteiger charge is 2.10. The number of phenolic OH excluding ortho intramolecular Hbond substituents is 1. The molecule has 0 heterocycles. The first-order valence-corrected chi connectivity index (χ1v) is 5.53. The molecule has 0 spiro atoms. The second-order valence-electron chi connectivity index (χ2n) is 3.64. The van der Waals surface area contributed by atoms with E-state index < -0.39 is 5.97 Å². The molecule has 5 heteroatoms. The molecule has 0 aliphatic rings. The Kier molecular flexibility index (Phi) is 3.39. The number of rotatable bonds is 3. The molecular weight excluding hydrogens is 254 g/mol. The molecule has 18 heavy (non-hydrogen) atoms. The van der Waals surface area contributed by atoms with Crippen molar-refractivity contribution in [2.24, 2.45) is 0 Å². The zero-order chi connectivity index (χ0) is 13.1. The largest absolute Gasteiger partial charge is 0.506 e. The summed E-state index contributed by atoms with van der Waals surface area (Å²) in [6.07, 6.45) is 0.